The predicted molar refractivity (Wildman–Crippen MR) is 77.0 cm³/mol. The number of ether oxygens (including phenoxy) is 2. The van der Waals surface area contributed by atoms with Crippen molar-refractivity contribution in [3.63, 3.8) is 0 Å². The third-order valence-corrected chi connectivity index (χ3v) is 3.82. The lowest BCUT2D eigenvalue weighted by Gasteiger charge is -2.26. The number of hydrogen-bond donors (Lipinski definition) is 0. The number of rotatable bonds is 8. The molecule has 0 saturated heterocycles. The molecule has 0 amide bonds. The molecule has 20 heavy (non-hydrogen) atoms. The fourth-order valence-electron chi connectivity index (χ4n) is 1.11. The summed E-state index contributed by atoms with van der Waals surface area (Å²) in [5.41, 5.74) is -0.594. The van der Waals surface area contributed by atoms with Crippen LogP contribution in [-0.4, -0.2) is 69.3 Å². The average Bonchev–Trinajstić information content (AvgIpc) is 2.26. The van der Waals surface area contributed by atoms with Crippen molar-refractivity contribution in [1.29, 1.82) is 0 Å². The Morgan fingerprint density at radius 2 is 1.75 bits per heavy atom. The van der Waals surface area contributed by atoms with Crippen molar-refractivity contribution < 1.29 is 36.0 Å². The number of carbonyl (C=O) groups is 2. The van der Waals surface area contributed by atoms with Crippen LogP contribution in [0.1, 0.15) is 13.8 Å². The second-order valence-electron chi connectivity index (χ2n) is 6.10. The Kier molecular flexibility index (Phi) is 10.3. The Bertz CT molecular complexity index is 316. The van der Waals surface area contributed by atoms with Gasteiger partial charge in [0.15, 0.2) is 0 Å². The molecule has 0 fully saturated rings. The van der Waals surface area contributed by atoms with Crippen LogP contribution < -0.4 is 12.4 Å². The molecule has 5 nitrogen and oxygen atoms in total. The molecule has 0 aliphatic carbocycles. The molecular formula is C13H26ClNO4S. The van der Waals surface area contributed by atoms with Gasteiger partial charge in [-0.25, -0.2) is 0 Å². The standard InChI is InChI=1S/C13H26NO4S.ClH/c1-13(2,10-19-9-11(15)17-6)12(16)18-8-7-14(3,4)5;/h7-10H2,1-6H3;1H/q+1;/p-1. The van der Waals surface area contributed by atoms with Crippen molar-refractivity contribution in [2.45, 2.75) is 13.8 Å². The molecule has 0 spiro atoms. The van der Waals surface area contributed by atoms with Crippen molar-refractivity contribution in [3.8, 4) is 0 Å². The molecule has 0 aromatic heterocycles. The van der Waals surface area contributed by atoms with Gasteiger partial charge in [-0.15, -0.1) is 11.8 Å². The number of halogens is 1. The second kappa shape index (κ2) is 9.47. The van der Waals surface area contributed by atoms with E-state index in [-0.39, 0.29) is 30.1 Å². The first-order valence-corrected chi connectivity index (χ1v) is 7.36. The maximum atomic E-state index is 11.9. The van der Waals surface area contributed by atoms with Crippen molar-refractivity contribution in [2.24, 2.45) is 5.41 Å². The van der Waals surface area contributed by atoms with Crippen LogP contribution in [0.4, 0.5) is 0 Å². The number of nitrogens with zero attached hydrogens (tertiary/aromatic N) is 1. The molecule has 0 aromatic rings. The third-order valence-electron chi connectivity index (χ3n) is 2.46. The average molecular weight is 328 g/mol. The quantitative estimate of drug-likeness (QED) is 0.388. The Hall–Kier alpha value is -0.460. The van der Waals surface area contributed by atoms with Crippen LogP contribution in [0, 0.1) is 5.41 Å². The van der Waals surface area contributed by atoms with Crippen molar-refractivity contribution in [3.05, 3.63) is 0 Å². The van der Waals surface area contributed by atoms with E-state index in [0.29, 0.717) is 12.4 Å². The molecule has 0 aromatic carbocycles. The van der Waals surface area contributed by atoms with Gasteiger partial charge in [0.25, 0.3) is 0 Å². The summed E-state index contributed by atoms with van der Waals surface area (Å²) in [4.78, 5) is 22.9. The largest absolute Gasteiger partial charge is 1.00 e. The summed E-state index contributed by atoms with van der Waals surface area (Å²) in [6, 6.07) is 0. The highest BCUT2D eigenvalue weighted by Crippen LogP contribution is 2.23. The fraction of sp³-hybridized carbons (Fsp3) is 0.846. The highest BCUT2D eigenvalue weighted by molar-refractivity contribution is 7.99. The molecule has 0 atom stereocenters. The normalized spacial score (nSPS) is 11.5. The molecule has 0 rings (SSSR count). The number of thioether (sulfide) groups is 1. The smallest absolute Gasteiger partial charge is 0.315 e. The predicted octanol–water partition coefficient (Wildman–Crippen LogP) is -1.83. The maximum absolute atomic E-state index is 11.9. The van der Waals surface area contributed by atoms with Crippen LogP contribution in [-0.2, 0) is 19.1 Å². The zero-order valence-electron chi connectivity index (χ0n) is 13.2. The van der Waals surface area contributed by atoms with Gasteiger partial charge in [-0.3, -0.25) is 9.59 Å². The summed E-state index contributed by atoms with van der Waals surface area (Å²) in [5.74, 6) is 0.287. The first-order chi connectivity index (χ1) is 8.58. The fourth-order valence-corrected chi connectivity index (χ4v) is 2.13. The van der Waals surface area contributed by atoms with Gasteiger partial charge < -0.3 is 26.4 Å². The minimum atomic E-state index is -0.594. The first kappa shape index (κ1) is 21.8. The van der Waals surface area contributed by atoms with E-state index in [9.17, 15) is 9.59 Å². The summed E-state index contributed by atoms with van der Waals surface area (Å²) >= 11 is 1.38. The van der Waals surface area contributed by atoms with Gasteiger partial charge in [-0.2, -0.15) is 0 Å². The molecule has 7 heteroatoms. The van der Waals surface area contributed by atoms with Crippen LogP contribution >= 0.6 is 11.8 Å². The highest BCUT2D eigenvalue weighted by Gasteiger charge is 2.30. The number of methoxy groups -OCH3 is 1. The molecule has 0 aliphatic rings. The van der Waals surface area contributed by atoms with Crippen LogP contribution in [0.15, 0.2) is 0 Å². The van der Waals surface area contributed by atoms with Gasteiger partial charge in [0.2, 0.25) is 0 Å². The van der Waals surface area contributed by atoms with Crippen LogP contribution in [0.2, 0.25) is 0 Å². The second-order valence-corrected chi connectivity index (χ2v) is 7.09. The molecule has 0 aliphatic heterocycles. The number of likely N-dealkylation sites (N-methyl/N-ethyl adjacent to an activating group) is 1. The van der Waals surface area contributed by atoms with Gasteiger partial charge in [0.1, 0.15) is 13.2 Å². The van der Waals surface area contributed by atoms with Crippen molar-refractivity contribution >= 4 is 23.7 Å². The van der Waals surface area contributed by atoms with Crippen molar-refractivity contribution in [2.75, 3.05) is 52.9 Å². The molecular weight excluding hydrogens is 302 g/mol. The molecule has 0 heterocycles. The lowest BCUT2D eigenvalue weighted by Crippen LogP contribution is -3.00. The topological polar surface area (TPSA) is 52.6 Å². The van der Waals surface area contributed by atoms with E-state index in [1.54, 1.807) is 0 Å². The van der Waals surface area contributed by atoms with E-state index >= 15 is 0 Å². The summed E-state index contributed by atoms with van der Waals surface area (Å²) in [7, 11) is 7.49. The Balaban J connectivity index is 0. The molecule has 0 N–H and O–H groups in total. The number of carbonyl (C=O) groups excluding carboxylic acids is 2. The molecule has 0 saturated carbocycles. The molecule has 0 unspecified atom stereocenters. The van der Waals surface area contributed by atoms with E-state index in [4.69, 9.17) is 4.74 Å². The summed E-state index contributed by atoms with van der Waals surface area (Å²) < 4.78 is 10.6. The highest BCUT2D eigenvalue weighted by atomic mass is 35.5. The Labute approximate surface area is 132 Å². The van der Waals surface area contributed by atoms with Gasteiger partial charge >= 0.3 is 11.9 Å². The number of quaternary nitrogens is 1. The minimum Gasteiger partial charge on any atom is -1.00 e. The first-order valence-electron chi connectivity index (χ1n) is 6.21. The van der Waals surface area contributed by atoms with Gasteiger partial charge in [0, 0.05) is 5.75 Å². The van der Waals surface area contributed by atoms with E-state index in [0.717, 1.165) is 11.0 Å². The maximum Gasteiger partial charge on any atom is 0.315 e. The number of hydrogen-bond acceptors (Lipinski definition) is 5. The lowest BCUT2D eigenvalue weighted by molar-refractivity contribution is -0.870. The van der Waals surface area contributed by atoms with Crippen LogP contribution in [0.25, 0.3) is 0 Å². The Morgan fingerprint density at radius 3 is 2.20 bits per heavy atom. The summed E-state index contributed by atoms with van der Waals surface area (Å²) in [5, 5.41) is 0. The zero-order chi connectivity index (χ0) is 15.1. The van der Waals surface area contributed by atoms with Crippen LogP contribution in [0.3, 0.4) is 0 Å². The van der Waals surface area contributed by atoms with Gasteiger partial charge in [-0.1, -0.05) is 0 Å². The van der Waals surface area contributed by atoms with E-state index in [2.05, 4.69) is 4.74 Å². The van der Waals surface area contributed by atoms with E-state index in [1.165, 1.54) is 18.9 Å². The zero-order valence-corrected chi connectivity index (χ0v) is 14.8. The van der Waals surface area contributed by atoms with E-state index < -0.39 is 5.41 Å². The molecule has 0 radical (unpaired) electrons. The third kappa shape index (κ3) is 10.3. The summed E-state index contributed by atoms with van der Waals surface area (Å²) in [6.45, 7) is 4.83. The lowest BCUT2D eigenvalue weighted by atomic mass is 9.97. The van der Waals surface area contributed by atoms with Gasteiger partial charge in [-0.05, 0) is 13.8 Å². The monoisotopic (exact) mass is 327 g/mol. The van der Waals surface area contributed by atoms with Crippen molar-refractivity contribution in [1.82, 2.24) is 0 Å². The summed E-state index contributed by atoms with van der Waals surface area (Å²) in [6.07, 6.45) is 0. The molecule has 120 valence electrons. The Morgan fingerprint density at radius 1 is 1.20 bits per heavy atom. The number of esters is 2. The van der Waals surface area contributed by atoms with Crippen LogP contribution in [0.5, 0.6) is 0 Å². The minimum absolute atomic E-state index is 0. The van der Waals surface area contributed by atoms with E-state index in [1.807, 2.05) is 35.0 Å². The SMILES string of the molecule is COC(=O)CSCC(C)(C)C(=O)OCC[N+](C)(C)C.[Cl-]. The van der Waals surface area contributed by atoms with Gasteiger partial charge in [0.05, 0.1) is 39.4 Å². The molecule has 0 bridgehead atoms.